The Bertz CT molecular complexity index is 2110. The minimum atomic E-state index is -0.380. The lowest BCUT2D eigenvalue weighted by Crippen LogP contribution is -2.26. The first-order chi connectivity index (χ1) is 22.5. The molecule has 1 atom stereocenters. The second kappa shape index (κ2) is 13.7. The van der Waals surface area contributed by atoms with Crippen LogP contribution in [0.15, 0.2) is 157 Å². The number of rotatable bonds is 7. The van der Waals surface area contributed by atoms with E-state index in [0.29, 0.717) is 0 Å². The Morgan fingerprint density at radius 1 is 0.565 bits per heavy atom. The molecule has 1 unspecified atom stereocenters. The van der Waals surface area contributed by atoms with E-state index in [1.165, 1.54) is 60.5 Å². The minimum absolute atomic E-state index is 0.380. The van der Waals surface area contributed by atoms with Crippen molar-refractivity contribution < 1.29 is 0 Å². The zero-order valence-electron chi connectivity index (χ0n) is 27.1. The third-order valence-corrected chi connectivity index (χ3v) is 10.2. The van der Waals surface area contributed by atoms with Crippen LogP contribution in [0.3, 0.4) is 0 Å². The van der Waals surface area contributed by atoms with Crippen molar-refractivity contribution in [1.29, 1.82) is 0 Å². The topological polar surface area (TPSA) is 26.0 Å². The molecule has 228 valence electrons. The molecule has 0 fully saturated rings. The Kier molecular flexibility index (Phi) is 9.28. The molecule has 2 N–H and O–H groups in total. The molecule has 0 saturated carbocycles. The van der Waals surface area contributed by atoms with Gasteiger partial charge in [-0.25, -0.2) is 0 Å². The molecule has 7 aromatic rings. The van der Waals surface area contributed by atoms with Gasteiger partial charge in [-0.15, -0.1) is 11.8 Å². The number of nitrogens with two attached hydrogens (primary N) is 1. The molecule has 7 aromatic carbocycles. The molecule has 1 nitrogen and oxygen atoms in total. The van der Waals surface area contributed by atoms with Crippen molar-refractivity contribution in [2.45, 2.75) is 43.8 Å². The number of thioether (sulfide) groups is 1. The van der Waals surface area contributed by atoms with E-state index in [1.54, 1.807) is 11.8 Å². The number of hydrogen-bond acceptors (Lipinski definition) is 2. The highest BCUT2D eigenvalue weighted by Crippen LogP contribution is 2.45. The van der Waals surface area contributed by atoms with Crippen molar-refractivity contribution in [2.24, 2.45) is 0 Å². The van der Waals surface area contributed by atoms with E-state index in [2.05, 4.69) is 147 Å². The summed E-state index contributed by atoms with van der Waals surface area (Å²) in [6.07, 6.45) is 0. The molecule has 7 rings (SSSR count). The first-order valence-electron chi connectivity index (χ1n) is 16.2. The Morgan fingerprint density at radius 2 is 1.22 bits per heavy atom. The van der Waals surface area contributed by atoms with Gasteiger partial charge in [0.15, 0.2) is 0 Å². The molecule has 0 amide bonds. The van der Waals surface area contributed by atoms with E-state index >= 15 is 0 Å². The molecule has 46 heavy (non-hydrogen) atoms. The van der Waals surface area contributed by atoms with Gasteiger partial charge in [0.05, 0.1) is 0 Å². The van der Waals surface area contributed by atoms with Crippen LogP contribution in [0, 0.1) is 6.92 Å². The molecule has 0 radical (unpaired) electrons. The summed E-state index contributed by atoms with van der Waals surface area (Å²) in [4.78, 5) is 1.13. The quantitative estimate of drug-likeness (QED) is 0.0835. The predicted molar refractivity (Wildman–Crippen MR) is 202 cm³/mol. The highest BCUT2D eigenvalue weighted by Gasteiger charge is 2.34. The van der Waals surface area contributed by atoms with E-state index in [0.717, 1.165) is 16.3 Å². The van der Waals surface area contributed by atoms with Crippen molar-refractivity contribution >= 4 is 39.0 Å². The third kappa shape index (κ3) is 5.94. The van der Waals surface area contributed by atoms with Crippen LogP contribution in [0.4, 0.5) is 5.69 Å². The zero-order chi connectivity index (χ0) is 32.1. The van der Waals surface area contributed by atoms with Gasteiger partial charge in [-0.2, -0.15) is 0 Å². The van der Waals surface area contributed by atoms with Crippen molar-refractivity contribution in [3.63, 3.8) is 0 Å². The summed E-state index contributed by atoms with van der Waals surface area (Å²) in [5.74, 6) is 0.879. The van der Waals surface area contributed by atoms with E-state index in [9.17, 15) is 0 Å². The zero-order valence-corrected chi connectivity index (χ0v) is 27.9. The van der Waals surface area contributed by atoms with Crippen LogP contribution in [-0.2, 0) is 11.2 Å². The lowest BCUT2D eigenvalue weighted by Gasteiger charge is -2.34. The molecular weight excluding hydrogens is 575 g/mol. The van der Waals surface area contributed by atoms with Gasteiger partial charge in [-0.1, -0.05) is 147 Å². The number of benzene rings is 7. The average Bonchev–Trinajstić information content (AvgIpc) is 3.12. The SMILES string of the molecule is CC.Cc1cc(CSc2ccccc2N)ccc1-c1ccccc1C(C)(c1ccccc1)c1ccc2ccc3ccccc3c2c1. The maximum atomic E-state index is 6.21. The van der Waals surface area contributed by atoms with Crippen molar-refractivity contribution in [2.75, 3.05) is 5.73 Å². The molecule has 0 heterocycles. The lowest BCUT2D eigenvalue weighted by atomic mass is 9.68. The number of anilines is 1. The maximum absolute atomic E-state index is 6.21. The molecule has 0 aliphatic rings. The fraction of sp³-hybridized carbons (Fsp3) is 0.136. The van der Waals surface area contributed by atoms with E-state index < -0.39 is 0 Å². The Hall–Kier alpha value is -4.79. The third-order valence-electron chi connectivity index (χ3n) is 9.04. The van der Waals surface area contributed by atoms with E-state index in [-0.39, 0.29) is 5.41 Å². The first kappa shape index (κ1) is 31.2. The van der Waals surface area contributed by atoms with Crippen molar-refractivity contribution in [3.05, 3.63) is 179 Å². The summed E-state index contributed by atoms with van der Waals surface area (Å²) < 4.78 is 0. The summed E-state index contributed by atoms with van der Waals surface area (Å²) in [6, 6.07) is 55.1. The molecule has 0 bridgehead atoms. The standard InChI is InChI=1S/C42H35NS.C2H6/c1-29-26-30(28-44-41-19-11-10-18-40(41)43)20-25-35(29)37-16-8-9-17-39(37)42(2,33-13-4-3-5-14-33)34-24-23-32-22-21-31-12-6-7-15-36(31)38(32)27-34;1-2/h3-27H,28,43H2,1-2H3;1-2H3. The van der Waals surface area contributed by atoms with Gasteiger partial charge in [0, 0.05) is 21.8 Å². The lowest BCUT2D eigenvalue weighted by molar-refractivity contribution is 0.695. The minimum Gasteiger partial charge on any atom is -0.398 e. The Balaban J connectivity index is 0.00000182. The van der Waals surface area contributed by atoms with Gasteiger partial charge in [-0.05, 0) is 92.5 Å². The number of para-hydroxylation sites is 1. The van der Waals surface area contributed by atoms with Gasteiger partial charge in [0.25, 0.3) is 0 Å². The molecule has 0 aromatic heterocycles. The summed E-state index contributed by atoms with van der Waals surface area (Å²) in [6.45, 7) is 8.62. The van der Waals surface area contributed by atoms with Gasteiger partial charge in [0.1, 0.15) is 0 Å². The van der Waals surface area contributed by atoms with Crippen LogP contribution >= 0.6 is 11.8 Å². The van der Waals surface area contributed by atoms with Gasteiger partial charge < -0.3 is 5.73 Å². The monoisotopic (exact) mass is 615 g/mol. The van der Waals surface area contributed by atoms with Crippen molar-refractivity contribution in [1.82, 2.24) is 0 Å². The van der Waals surface area contributed by atoms with Crippen LogP contribution in [0.25, 0.3) is 32.7 Å². The molecule has 0 spiro atoms. The second-order valence-electron chi connectivity index (χ2n) is 11.7. The number of aryl methyl sites for hydroxylation is 1. The molecule has 0 saturated heterocycles. The van der Waals surface area contributed by atoms with Crippen LogP contribution in [0.1, 0.15) is 48.6 Å². The Labute approximate surface area is 278 Å². The number of nitrogen functional groups attached to an aromatic ring is 1. The fourth-order valence-electron chi connectivity index (χ4n) is 6.61. The summed E-state index contributed by atoms with van der Waals surface area (Å²) in [7, 11) is 0. The molecule has 0 aliphatic heterocycles. The summed E-state index contributed by atoms with van der Waals surface area (Å²) in [5.41, 5.74) is 15.6. The van der Waals surface area contributed by atoms with Gasteiger partial charge in [-0.3, -0.25) is 0 Å². The molecular formula is C44H41NS. The van der Waals surface area contributed by atoms with E-state index in [1.807, 2.05) is 32.0 Å². The largest absolute Gasteiger partial charge is 0.398 e. The molecule has 2 heteroatoms. The maximum Gasteiger partial charge on any atom is 0.0452 e. The first-order valence-corrected chi connectivity index (χ1v) is 17.2. The van der Waals surface area contributed by atoms with Crippen LogP contribution in [0.5, 0.6) is 0 Å². The second-order valence-corrected chi connectivity index (χ2v) is 12.8. The predicted octanol–water partition coefficient (Wildman–Crippen LogP) is 12.2. The summed E-state index contributed by atoms with van der Waals surface area (Å²) in [5, 5.41) is 5.11. The molecule has 0 aliphatic carbocycles. The van der Waals surface area contributed by atoms with Crippen LogP contribution in [0.2, 0.25) is 0 Å². The van der Waals surface area contributed by atoms with Crippen LogP contribution in [-0.4, -0.2) is 0 Å². The van der Waals surface area contributed by atoms with Crippen molar-refractivity contribution in [3.8, 4) is 11.1 Å². The number of hydrogen-bond donors (Lipinski definition) is 1. The normalized spacial score (nSPS) is 12.3. The fourth-order valence-corrected chi connectivity index (χ4v) is 7.52. The van der Waals surface area contributed by atoms with E-state index in [4.69, 9.17) is 5.73 Å². The average molecular weight is 616 g/mol. The highest BCUT2D eigenvalue weighted by atomic mass is 32.2. The van der Waals surface area contributed by atoms with Crippen LogP contribution < -0.4 is 5.73 Å². The highest BCUT2D eigenvalue weighted by molar-refractivity contribution is 7.98. The Morgan fingerprint density at radius 3 is 2.00 bits per heavy atom. The smallest absolute Gasteiger partial charge is 0.0452 e. The summed E-state index contributed by atoms with van der Waals surface area (Å²) >= 11 is 1.79. The number of fused-ring (bicyclic) bond motifs is 3. The van der Waals surface area contributed by atoms with Gasteiger partial charge in [0.2, 0.25) is 0 Å². The van der Waals surface area contributed by atoms with Gasteiger partial charge >= 0.3 is 0 Å².